The standard InChI is InChI=1S/C21H12N.C13H8N.Ir/c1-2-7-14(8-3-1)20-13-18-16-10-5-4-9-15(16)17-11-6-12-19(22-20)21(17)18;1-2-6-12-10(4-1)7-8-11-5-3-9-14-13(11)12;/h1-7,9-13H;1-5,7-9H;/q2*-1;. The third kappa shape index (κ3) is 4.03. The average Bonchev–Trinajstić information content (AvgIpc) is 3.29. The molecule has 0 aliphatic heterocycles. The van der Waals surface area contributed by atoms with Gasteiger partial charge in [-0.2, -0.15) is 0 Å². The Morgan fingerprint density at radius 1 is 0.568 bits per heavy atom. The number of benzene rings is 5. The minimum atomic E-state index is 0. The van der Waals surface area contributed by atoms with Gasteiger partial charge in [0.15, 0.2) is 0 Å². The van der Waals surface area contributed by atoms with Gasteiger partial charge in [-0.25, -0.2) is 0 Å². The summed E-state index contributed by atoms with van der Waals surface area (Å²) in [7, 11) is 0. The molecule has 8 rings (SSSR count). The Labute approximate surface area is 229 Å². The Morgan fingerprint density at radius 2 is 1.32 bits per heavy atom. The fraction of sp³-hybridized carbons (Fsp3) is 0. The molecule has 37 heavy (non-hydrogen) atoms. The number of aromatic nitrogens is 2. The van der Waals surface area contributed by atoms with Crippen molar-refractivity contribution in [2.45, 2.75) is 0 Å². The smallest absolute Gasteiger partial charge is 0.0607 e. The van der Waals surface area contributed by atoms with Crippen LogP contribution >= 0.6 is 0 Å². The molecule has 0 saturated carbocycles. The van der Waals surface area contributed by atoms with Crippen LogP contribution in [0.1, 0.15) is 0 Å². The molecule has 1 aliphatic carbocycles. The molecule has 1 aliphatic rings. The van der Waals surface area contributed by atoms with Gasteiger partial charge in [0.1, 0.15) is 0 Å². The van der Waals surface area contributed by atoms with E-state index in [1.54, 1.807) is 0 Å². The van der Waals surface area contributed by atoms with Crippen molar-refractivity contribution in [1.29, 1.82) is 0 Å². The van der Waals surface area contributed by atoms with E-state index in [-0.39, 0.29) is 20.1 Å². The molecule has 0 amide bonds. The van der Waals surface area contributed by atoms with Crippen molar-refractivity contribution in [3.8, 4) is 33.5 Å². The van der Waals surface area contributed by atoms with Crippen LogP contribution in [0.25, 0.3) is 66.1 Å². The fourth-order valence-electron chi connectivity index (χ4n) is 5.10. The average molecular weight is 649 g/mol. The van der Waals surface area contributed by atoms with Crippen LogP contribution in [0.4, 0.5) is 0 Å². The first-order valence-electron chi connectivity index (χ1n) is 12.0. The van der Waals surface area contributed by atoms with Crippen molar-refractivity contribution in [3.05, 3.63) is 134 Å². The molecule has 2 aromatic heterocycles. The summed E-state index contributed by atoms with van der Waals surface area (Å²) in [5.74, 6) is 0. The first kappa shape index (κ1) is 23.2. The van der Waals surface area contributed by atoms with Crippen molar-refractivity contribution < 1.29 is 20.1 Å². The van der Waals surface area contributed by atoms with Gasteiger partial charge in [0.2, 0.25) is 0 Å². The van der Waals surface area contributed by atoms with Gasteiger partial charge in [0.05, 0.1) is 5.52 Å². The zero-order chi connectivity index (χ0) is 23.9. The zero-order valence-electron chi connectivity index (χ0n) is 19.8. The summed E-state index contributed by atoms with van der Waals surface area (Å²) in [5, 5.41) is 4.73. The second-order valence-corrected chi connectivity index (χ2v) is 8.85. The van der Waals surface area contributed by atoms with Gasteiger partial charge in [0.25, 0.3) is 0 Å². The summed E-state index contributed by atoms with van der Waals surface area (Å²) < 4.78 is 0. The number of pyridine rings is 2. The monoisotopic (exact) mass is 649 g/mol. The van der Waals surface area contributed by atoms with Gasteiger partial charge in [-0.1, -0.05) is 60.7 Å². The fourth-order valence-corrected chi connectivity index (χ4v) is 5.10. The summed E-state index contributed by atoms with van der Waals surface area (Å²) in [6.07, 6.45) is 1.82. The Kier molecular flexibility index (Phi) is 6.10. The van der Waals surface area contributed by atoms with Crippen LogP contribution in [0.2, 0.25) is 0 Å². The third-order valence-electron chi connectivity index (χ3n) is 6.73. The molecule has 2 nitrogen and oxygen atoms in total. The molecule has 0 fully saturated rings. The van der Waals surface area contributed by atoms with Crippen LogP contribution in [-0.4, -0.2) is 9.97 Å². The van der Waals surface area contributed by atoms with E-state index < -0.39 is 0 Å². The quantitative estimate of drug-likeness (QED) is 0.132. The Balaban J connectivity index is 0.000000146. The minimum absolute atomic E-state index is 0. The topological polar surface area (TPSA) is 25.8 Å². The third-order valence-corrected chi connectivity index (χ3v) is 6.73. The number of nitrogens with zero attached hydrogens (tertiary/aromatic N) is 2. The summed E-state index contributed by atoms with van der Waals surface area (Å²) >= 11 is 0. The predicted octanol–water partition coefficient (Wildman–Crippen LogP) is 8.54. The van der Waals surface area contributed by atoms with Crippen LogP contribution in [-0.2, 0) is 20.1 Å². The number of hydrogen-bond acceptors (Lipinski definition) is 2. The molecular formula is C34H20IrN2-2. The number of fused-ring (bicyclic) bond motifs is 6. The van der Waals surface area contributed by atoms with E-state index in [1.807, 2.05) is 42.6 Å². The van der Waals surface area contributed by atoms with E-state index in [9.17, 15) is 0 Å². The second-order valence-electron chi connectivity index (χ2n) is 8.85. The molecule has 0 bridgehead atoms. The molecule has 0 unspecified atom stereocenters. The Bertz CT molecular complexity index is 1840. The first-order chi connectivity index (χ1) is 17.9. The van der Waals surface area contributed by atoms with E-state index in [4.69, 9.17) is 4.98 Å². The van der Waals surface area contributed by atoms with Crippen molar-refractivity contribution >= 4 is 32.6 Å². The maximum absolute atomic E-state index is 4.86. The Morgan fingerprint density at radius 3 is 2.19 bits per heavy atom. The van der Waals surface area contributed by atoms with Gasteiger partial charge in [-0.3, -0.25) is 4.98 Å². The van der Waals surface area contributed by atoms with Gasteiger partial charge in [-0.15, -0.1) is 70.9 Å². The van der Waals surface area contributed by atoms with Gasteiger partial charge in [0, 0.05) is 31.7 Å². The molecule has 5 aromatic carbocycles. The summed E-state index contributed by atoms with van der Waals surface area (Å²) in [6.45, 7) is 0. The van der Waals surface area contributed by atoms with E-state index in [2.05, 4.69) is 96.0 Å². The number of hydrogen-bond donors (Lipinski definition) is 0. The summed E-state index contributed by atoms with van der Waals surface area (Å²) in [4.78, 5) is 9.24. The second kappa shape index (κ2) is 9.71. The molecule has 7 aromatic rings. The summed E-state index contributed by atoms with van der Waals surface area (Å²) in [5.41, 5.74) is 9.28. The molecule has 0 spiro atoms. The van der Waals surface area contributed by atoms with E-state index >= 15 is 0 Å². The normalized spacial score (nSPS) is 11.0. The van der Waals surface area contributed by atoms with Crippen molar-refractivity contribution in [1.82, 2.24) is 9.97 Å². The molecule has 0 saturated heterocycles. The van der Waals surface area contributed by atoms with Gasteiger partial charge >= 0.3 is 0 Å². The largest absolute Gasteiger partial charge is 0.304 e. The molecule has 3 heteroatoms. The maximum Gasteiger partial charge on any atom is 0.0607 e. The minimum Gasteiger partial charge on any atom is -0.304 e. The van der Waals surface area contributed by atoms with E-state index in [1.165, 1.54) is 38.4 Å². The molecule has 2 heterocycles. The van der Waals surface area contributed by atoms with Crippen LogP contribution in [0, 0.1) is 12.1 Å². The van der Waals surface area contributed by atoms with E-state index in [0.29, 0.717) is 0 Å². The number of rotatable bonds is 1. The molecule has 177 valence electrons. The molecule has 1 radical (unpaired) electrons. The van der Waals surface area contributed by atoms with Crippen molar-refractivity contribution in [2.24, 2.45) is 0 Å². The predicted molar refractivity (Wildman–Crippen MR) is 149 cm³/mol. The van der Waals surface area contributed by atoms with Crippen LogP contribution in [0.5, 0.6) is 0 Å². The molecule has 0 atom stereocenters. The maximum atomic E-state index is 4.86. The molecular weight excluding hydrogens is 629 g/mol. The summed E-state index contributed by atoms with van der Waals surface area (Å²) in [6, 6.07) is 45.9. The van der Waals surface area contributed by atoms with Crippen LogP contribution < -0.4 is 0 Å². The van der Waals surface area contributed by atoms with Crippen LogP contribution in [0.15, 0.2) is 121 Å². The SMILES string of the molecule is [Ir].[c-]1cccc2ccc3cccnc3c12.[c-]1ccccc1-c1cc2c3c(cccc3n1)-c1ccccc1-2. The van der Waals surface area contributed by atoms with E-state index in [0.717, 1.165) is 27.7 Å². The molecule has 0 N–H and O–H groups in total. The van der Waals surface area contributed by atoms with Gasteiger partial charge < -0.3 is 4.98 Å². The zero-order valence-corrected chi connectivity index (χ0v) is 22.2. The van der Waals surface area contributed by atoms with Crippen molar-refractivity contribution in [2.75, 3.05) is 0 Å². The van der Waals surface area contributed by atoms with Crippen LogP contribution in [0.3, 0.4) is 0 Å². The first-order valence-corrected chi connectivity index (χ1v) is 12.0. The van der Waals surface area contributed by atoms with Crippen molar-refractivity contribution in [3.63, 3.8) is 0 Å². The van der Waals surface area contributed by atoms with Gasteiger partial charge in [-0.05, 0) is 51.0 Å². The Hall–Kier alpha value is -4.17.